The number of aromatic nitrogens is 1. The van der Waals surface area contributed by atoms with Crippen molar-refractivity contribution in [2.24, 2.45) is 5.73 Å². The first-order valence-electron chi connectivity index (χ1n) is 5.59. The molecule has 3 nitrogen and oxygen atoms in total. The van der Waals surface area contributed by atoms with Gasteiger partial charge in [-0.05, 0) is 18.5 Å². The van der Waals surface area contributed by atoms with Crippen LogP contribution >= 0.6 is 0 Å². The molecule has 0 amide bonds. The molecule has 0 atom stereocenters. The first-order chi connectivity index (χ1) is 7.85. The zero-order valence-corrected chi connectivity index (χ0v) is 9.44. The van der Waals surface area contributed by atoms with E-state index in [1.165, 1.54) is 5.56 Å². The zero-order valence-electron chi connectivity index (χ0n) is 9.44. The average molecular weight is 216 g/mol. The van der Waals surface area contributed by atoms with Gasteiger partial charge in [0.2, 0.25) is 0 Å². The second-order valence-corrected chi connectivity index (χ2v) is 3.73. The maximum Gasteiger partial charge on any atom is 0.138 e. The Labute approximate surface area is 95.3 Å². The van der Waals surface area contributed by atoms with E-state index in [4.69, 9.17) is 10.3 Å². The highest BCUT2D eigenvalue weighted by Gasteiger charge is 2.08. The summed E-state index contributed by atoms with van der Waals surface area (Å²) in [5, 5.41) is 4.08. The third-order valence-electron chi connectivity index (χ3n) is 2.62. The maximum absolute atomic E-state index is 5.48. The van der Waals surface area contributed by atoms with E-state index in [2.05, 4.69) is 24.2 Å². The lowest BCUT2D eigenvalue weighted by Gasteiger charge is -2.02. The first-order valence-corrected chi connectivity index (χ1v) is 5.59. The number of nitrogens with zero attached hydrogens (tertiary/aromatic N) is 1. The van der Waals surface area contributed by atoms with Gasteiger partial charge in [-0.1, -0.05) is 36.3 Å². The van der Waals surface area contributed by atoms with Crippen LogP contribution in [-0.4, -0.2) is 11.7 Å². The molecule has 84 valence electrons. The van der Waals surface area contributed by atoms with Gasteiger partial charge in [-0.25, -0.2) is 0 Å². The van der Waals surface area contributed by atoms with Crippen LogP contribution in [0, 0.1) is 0 Å². The van der Waals surface area contributed by atoms with Gasteiger partial charge in [0, 0.05) is 18.1 Å². The fraction of sp³-hybridized carbons (Fsp3) is 0.308. The number of aryl methyl sites for hydroxylation is 1. The molecule has 0 saturated heterocycles. The van der Waals surface area contributed by atoms with Crippen molar-refractivity contribution < 1.29 is 4.52 Å². The summed E-state index contributed by atoms with van der Waals surface area (Å²) in [4.78, 5) is 0. The molecule has 0 aliphatic rings. The molecule has 2 N–H and O–H groups in total. The Kier molecular flexibility index (Phi) is 3.37. The molecule has 2 rings (SSSR count). The maximum atomic E-state index is 5.48. The number of hydrogen-bond acceptors (Lipinski definition) is 3. The number of hydrogen-bond donors (Lipinski definition) is 1. The lowest BCUT2D eigenvalue weighted by Crippen LogP contribution is -2.01. The second kappa shape index (κ2) is 4.94. The molecule has 0 aliphatic carbocycles. The van der Waals surface area contributed by atoms with Crippen LogP contribution in [0.25, 0.3) is 11.3 Å². The van der Waals surface area contributed by atoms with E-state index in [1.54, 1.807) is 0 Å². The van der Waals surface area contributed by atoms with E-state index in [-0.39, 0.29) is 0 Å². The van der Waals surface area contributed by atoms with Gasteiger partial charge in [-0.2, -0.15) is 0 Å². The Bertz CT molecular complexity index is 462. The molecule has 1 aromatic heterocycles. The van der Waals surface area contributed by atoms with Crippen molar-refractivity contribution in [2.45, 2.75) is 19.8 Å². The summed E-state index contributed by atoms with van der Waals surface area (Å²) in [5.41, 5.74) is 8.82. The van der Waals surface area contributed by atoms with Gasteiger partial charge >= 0.3 is 0 Å². The molecule has 0 aliphatic heterocycles. The van der Waals surface area contributed by atoms with Gasteiger partial charge in [0.25, 0.3) is 0 Å². The van der Waals surface area contributed by atoms with E-state index in [9.17, 15) is 0 Å². The molecule has 2 aromatic rings. The van der Waals surface area contributed by atoms with Crippen LogP contribution in [0.15, 0.2) is 34.9 Å². The Hall–Kier alpha value is -1.61. The summed E-state index contributed by atoms with van der Waals surface area (Å²) >= 11 is 0. The molecular weight excluding hydrogens is 200 g/mol. The lowest BCUT2D eigenvalue weighted by molar-refractivity contribution is 0.386. The minimum atomic E-state index is 0.587. The summed E-state index contributed by atoms with van der Waals surface area (Å²) in [5.74, 6) is 0.850. The summed E-state index contributed by atoms with van der Waals surface area (Å²) in [6.45, 7) is 2.73. The minimum Gasteiger partial charge on any atom is -0.361 e. The van der Waals surface area contributed by atoms with E-state index in [1.807, 2.05) is 18.2 Å². The molecule has 0 spiro atoms. The van der Waals surface area contributed by atoms with Gasteiger partial charge in [-0.3, -0.25) is 0 Å². The third kappa shape index (κ3) is 2.14. The van der Waals surface area contributed by atoms with Crippen molar-refractivity contribution in [1.82, 2.24) is 5.16 Å². The number of nitrogens with two attached hydrogens (primary N) is 1. The van der Waals surface area contributed by atoms with Crippen LogP contribution in [0.5, 0.6) is 0 Å². The van der Waals surface area contributed by atoms with Crippen molar-refractivity contribution in [2.75, 3.05) is 6.54 Å². The van der Waals surface area contributed by atoms with Crippen molar-refractivity contribution in [1.29, 1.82) is 0 Å². The van der Waals surface area contributed by atoms with Crippen molar-refractivity contribution in [3.8, 4) is 11.3 Å². The fourth-order valence-corrected chi connectivity index (χ4v) is 1.78. The molecule has 0 saturated carbocycles. The van der Waals surface area contributed by atoms with Crippen LogP contribution in [0.4, 0.5) is 0 Å². The number of benzene rings is 1. The van der Waals surface area contributed by atoms with Crippen molar-refractivity contribution in [3.63, 3.8) is 0 Å². The van der Waals surface area contributed by atoms with Gasteiger partial charge in [0.15, 0.2) is 0 Å². The largest absolute Gasteiger partial charge is 0.361 e. The normalized spacial score (nSPS) is 10.6. The Morgan fingerprint density at radius 3 is 2.88 bits per heavy atom. The molecule has 1 aromatic carbocycles. The van der Waals surface area contributed by atoms with E-state index in [0.717, 1.165) is 29.9 Å². The van der Waals surface area contributed by atoms with E-state index in [0.29, 0.717) is 6.54 Å². The van der Waals surface area contributed by atoms with Crippen molar-refractivity contribution >= 4 is 0 Å². The predicted molar refractivity (Wildman–Crippen MR) is 64.1 cm³/mol. The van der Waals surface area contributed by atoms with Crippen LogP contribution in [-0.2, 0) is 12.8 Å². The van der Waals surface area contributed by atoms with Crippen LogP contribution in [0.3, 0.4) is 0 Å². The van der Waals surface area contributed by atoms with Crippen LogP contribution < -0.4 is 5.73 Å². The summed E-state index contributed by atoms with van der Waals surface area (Å²) in [6.07, 6.45) is 1.73. The van der Waals surface area contributed by atoms with Gasteiger partial charge in [0.1, 0.15) is 11.5 Å². The SMILES string of the molecule is CCc1ccccc1-c1cc(CCN)on1. The molecule has 3 heteroatoms. The molecule has 0 fully saturated rings. The molecule has 0 radical (unpaired) electrons. The smallest absolute Gasteiger partial charge is 0.138 e. The molecule has 1 heterocycles. The van der Waals surface area contributed by atoms with Gasteiger partial charge < -0.3 is 10.3 Å². The predicted octanol–water partition coefficient (Wildman–Crippen LogP) is 2.41. The molecule has 0 unspecified atom stereocenters. The minimum absolute atomic E-state index is 0.587. The Morgan fingerprint density at radius 2 is 2.12 bits per heavy atom. The van der Waals surface area contributed by atoms with Gasteiger partial charge in [0.05, 0.1) is 0 Å². The Morgan fingerprint density at radius 1 is 1.31 bits per heavy atom. The van der Waals surface area contributed by atoms with Crippen LogP contribution in [0.1, 0.15) is 18.2 Å². The second-order valence-electron chi connectivity index (χ2n) is 3.73. The van der Waals surface area contributed by atoms with Crippen LogP contribution in [0.2, 0.25) is 0 Å². The van der Waals surface area contributed by atoms with Crippen molar-refractivity contribution in [3.05, 3.63) is 41.7 Å². The summed E-state index contributed by atoms with van der Waals surface area (Å²) in [6, 6.07) is 10.2. The highest BCUT2D eigenvalue weighted by Crippen LogP contribution is 2.23. The monoisotopic (exact) mass is 216 g/mol. The quantitative estimate of drug-likeness (QED) is 0.853. The highest BCUT2D eigenvalue weighted by molar-refractivity contribution is 5.63. The van der Waals surface area contributed by atoms with E-state index < -0.39 is 0 Å². The highest BCUT2D eigenvalue weighted by atomic mass is 16.5. The third-order valence-corrected chi connectivity index (χ3v) is 2.62. The summed E-state index contributed by atoms with van der Waals surface area (Å²) in [7, 11) is 0. The zero-order chi connectivity index (χ0) is 11.4. The summed E-state index contributed by atoms with van der Waals surface area (Å²) < 4.78 is 5.23. The Balaban J connectivity index is 2.34. The van der Waals surface area contributed by atoms with Gasteiger partial charge in [-0.15, -0.1) is 0 Å². The lowest BCUT2D eigenvalue weighted by atomic mass is 10.0. The molecule has 16 heavy (non-hydrogen) atoms. The topological polar surface area (TPSA) is 52.0 Å². The molecule has 0 bridgehead atoms. The molecular formula is C13H16N2O. The first kappa shape index (κ1) is 10.9. The average Bonchev–Trinajstić information content (AvgIpc) is 2.78. The standard InChI is InChI=1S/C13H16N2O/c1-2-10-5-3-4-6-12(10)13-9-11(7-8-14)16-15-13/h3-6,9H,2,7-8,14H2,1H3. The van der Waals surface area contributed by atoms with E-state index >= 15 is 0 Å². The number of rotatable bonds is 4. The fourth-order valence-electron chi connectivity index (χ4n) is 1.78.